The summed E-state index contributed by atoms with van der Waals surface area (Å²) in [7, 11) is 0. The molecule has 6 nitrogen and oxygen atoms in total. The van der Waals surface area contributed by atoms with Crippen molar-refractivity contribution in [1.82, 2.24) is 19.6 Å². The van der Waals surface area contributed by atoms with Crippen molar-refractivity contribution >= 4 is 17.4 Å². The van der Waals surface area contributed by atoms with Crippen LogP contribution < -0.4 is 5.32 Å². The van der Waals surface area contributed by atoms with Crippen LogP contribution in [0.15, 0.2) is 67.0 Å². The zero-order valence-electron chi connectivity index (χ0n) is 14.2. The van der Waals surface area contributed by atoms with Crippen molar-refractivity contribution in [3.05, 3.63) is 78.2 Å². The summed E-state index contributed by atoms with van der Waals surface area (Å²) in [6.07, 6.45) is -1.61. The lowest BCUT2D eigenvalue weighted by atomic mass is 10.0. The normalized spacial score (nSPS) is 11.5. The van der Waals surface area contributed by atoms with Crippen LogP contribution in [0.2, 0.25) is 0 Å². The number of pyridine rings is 1. The second-order valence-corrected chi connectivity index (χ2v) is 5.84. The number of fused-ring (bicyclic) bond motifs is 1. The third kappa shape index (κ3) is 3.29. The quantitative estimate of drug-likeness (QED) is 0.579. The number of amides is 1. The predicted octanol–water partition coefficient (Wildman–Crippen LogP) is 4.06. The molecule has 0 aliphatic carbocycles. The van der Waals surface area contributed by atoms with Crippen LogP contribution in [0.5, 0.6) is 0 Å². The van der Waals surface area contributed by atoms with Crippen molar-refractivity contribution in [2.75, 3.05) is 5.32 Å². The summed E-state index contributed by atoms with van der Waals surface area (Å²) in [5.41, 5.74) is -0.458. The predicted molar refractivity (Wildman–Crippen MR) is 95.6 cm³/mol. The topological polar surface area (TPSA) is 72.2 Å². The number of benzene rings is 1. The average Bonchev–Trinajstić information content (AvgIpc) is 3.12. The molecule has 0 unspecified atom stereocenters. The van der Waals surface area contributed by atoms with Crippen molar-refractivity contribution in [3.8, 4) is 11.3 Å². The number of nitrogens with zero attached hydrogens (tertiary/aromatic N) is 4. The largest absolute Gasteiger partial charge is 0.417 e. The molecular weight excluding hydrogens is 371 g/mol. The number of halogens is 3. The summed E-state index contributed by atoms with van der Waals surface area (Å²) >= 11 is 0. The molecule has 1 amide bonds. The summed E-state index contributed by atoms with van der Waals surface area (Å²) < 4.78 is 41.2. The number of alkyl halides is 3. The van der Waals surface area contributed by atoms with E-state index in [4.69, 9.17) is 0 Å². The first-order chi connectivity index (χ1) is 13.4. The van der Waals surface area contributed by atoms with Crippen LogP contribution in [0.25, 0.3) is 16.9 Å². The fourth-order valence-corrected chi connectivity index (χ4v) is 2.77. The van der Waals surface area contributed by atoms with E-state index in [0.29, 0.717) is 5.82 Å². The maximum absolute atomic E-state index is 13.3. The van der Waals surface area contributed by atoms with Gasteiger partial charge in [-0.1, -0.05) is 24.3 Å². The molecule has 0 fully saturated rings. The van der Waals surface area contributed by atoms with Gasteiger partial charge < -0.3 is 5.32 Å². The van der Waals surface area contributed by atoms with Crippen LogP contribution in [0.4, 0.5) is 19.0 Å². The Morgan fingerprint density at radius 3 is 2.50 bits per heavy atom. The minimum atomic E-state index is -4.53. The van der Waals surface area contributed by atoms with Crippen LogP contribution in [0.3, 0.4) is 0 Å². The smallest absolute Gasteiger partial charge is 0.305 e. The van der Waals surface area contributed by atoms with Gasteiger partial charge in [0, 0.05) is 24.0 Å². The number of carbonyl (C=O) groups is 1. The van der Waals surface area contributed by atoms with Gasteiger partial charge >= 0.3 is 6.18 Å². The molecule has 0 atom stereocenters. The summed E-state index contributed by atoms with van der Waals surface area (Å²) in [6.45, 7) is 0. The number of hydrogen-bond acceptors (Lipinski definition) is 4. The average molecular weight is 383 g/mol. The number of nitrogens with one attached hydrogen (secondary N) is 1. The van der Waals surface area contributed by atoms with Crippen LogP contribution in [0.1, 0.15) is 16.1 Å². The van der Waals surface area contributed by atoms with Crippen molar-refractivity contribution in [2.45, 2.75) is 6.18 Å². The SMILES string of the molecule is O=C(Nc1ccccn1)c1ccnc2cc(-c3ccccc3C(F)(F)F)nn12. The van der Waals surface area contributed by atoms with E-state index in [1.165, 1.54) is 47.2 Å². The van der Waals surface area contributed by atoms with E-state index in [0.717, 1.165) is 6.07 Å². The molecule has 1 aromatic carbocycles. The molecule has 0 saturated heterocycles. The van der Waals surface area contributed by atoms with Gasteiger partial charge in [-0.3, -0.25) is 4.79 Å². The number of carbonyl (C=O) groups excluding carboxylic acids is 1. The van der Waals surface area contributed by atoms with E-state index < -0.39 is 17.6 Å². The molecule has 140 valence electrons. The van der Waals surface area contributed by atoms with E-state index >= 15 is 0 Å². The van der Waals surface area contributed by atoms with Crippen molar-refractivity contribution in [1.29, 1.82) is 0 Å². The highest BCUT2D eigenvalue weighted by Gasteiger charge is 2.34. The molecule has 0 saturated carbocycles. The van der Waals surface area contributed by atoms with Gasteiger partial charge in [0.15, 0.2) is 5.65 Å². The Labute approximate surface area is 156 Å². The number of anilines is 1. The highest BCUT2D eigenvalue weighted by molar-refractivity contribution is 6.02. The summed E-state index contributed by atoms with van der Waals surface area (Å²) in [4.78, 5) is 20.7. The van der Waals surface area contributed by atoms with Crippen molar-refractivity contribution in [3.63, 3.8) is 0 Å². The Hall–Kier alpha value is -3.75. The second-order valence-electron chi connectivity index (χ2n) is 5.84. The Morgan fingerprint density at radius 2 is 1.75 bits per heavy atom. The number of hydrogen-bond donors (Lipinski definition) is 1. The molecule has 3 aromatic heterocycles. The van der Waals surface area contributed by atoms with Gasteiger partial charge in [0.05, 0.1) is 11.3 Å². The van der Waals surface area contributed by atoms with Crippen LogP contribution in [-0.4, -0.2) is 25.5 Å². The van der Waals surface area contributed by atoms with Gasteiger partial charge in [0.1, 0.15) is 11.5 Å². The second kappa shape index (κ2) is 6.76. The zero-order valence-corrected chi connectivity index (χ0v) is 14.2. The van der Waals surface area contributed by atoms with Crippen LogP contribution >= 0.6 is 0 Å². The highest BCUT2D eigenvalue weighted by atomic mass is 19.4. The first-order valence-corrected chi connectivity index (χ1v) is 8.17. The van der Waals surface area contributed by atoms with E-state index in [-0.39, 0.29) is 22.6 Å². The fourth-order valence-electron chi connectivity index (χ4n) is 2.77. The summed E-state index contributed by atoms with van der Waals surface area (Å²) in [6, 6.07) is 13.0. The summed E-state index contributed by atoms with van der Waals surface area (Å²) in [5, 5.41) is 6.81. The van der Waals surface area contributed by atoms with Gasteiger partial charge in [0.2, 0.25) is 0 Å². The molecule has 0 aliphatic heterocycles. The van der Waals surface area contributed by atoms with Gasteiger partial charge in [-0.05, 0) is 24.3 Å². The standard InChI is InChI=1S/C19H12F3N5O/c20-19(21,22)13-6-2-1-5-12(13)14-11-17-24-10-8-15(27(17)26-14)18(28)25-16-7-3-4-9-23-16/h1-11H,(H,23,25,28). The molecule has 4 aromatic rings. The third-order valence-corrected chi connectivity index (χ3v) is 4.01. The lowest BCUT2D eigenvalue weighted by Crippen LogP contribution is -2.17. The maximum Gasteiger partial charge on any atom is 0.417 e. The molecular formula is C19H12F3N5O. The molecule has 3 heterocycles. The van der Waals surface area contributed by atoms with E-state index in [9.17, 15) is 18.0 Å². The molecule has 4 rings (SSSR count). The number of rotatable bonds is 3. The first-order valence-electron chi connectivity index (χ1n) is 8.17. The molecule has 0 radical (unpaired) electrons. The van der Waals surface area contributed by atoms with Crippen molar-refractivity contribution < 1.29 is 18.0 Å². The Balaban J connectivity index is 1.78. The van der Waals surface area contributed by atoms with E-state index in [1.54, 1.807) is 18.2 Å². The first kappa shape index (κ1) is 17.7. The van der Waals surface area contributed by atoms with E-state index in [2.05, 4.69) is 20.4 Å². The number of aromatic nitrogens is 4. The van der Waals surface area contributed by atoms with Gasteiger partial charge in [-0.25, -0.2) is 14.5 Å². The summed E-state index contributed by atoms with van der Waals surface area (Å²) in [5.74, 6) is -0.169. The fraction of sp³-hybridized carbons (Fsp3) is 0.0526. The van der Waals surface area contributed by atoms with Crippen LogP contribution in [-0.2, 0) is 6.18 Å². The zero-order chi connectivity index (χ0) is 19.7. The molecule has 0 spiro atoms. The third-order valence-electron chi connectivity index (χ3n) is 4.01. The lowest BCUT2D eigenvalue weighted by molar-refractivity contribution is -0.137. The molecule has 9 heteroatoms. The van der Waals surface area contributed by atoms with Crippen molar-refractivity contribution in [2.24, 2.45) is 0 Å². The molecule has 28 heavy (non-hydrogen) atoms. The Kier molecular flexibility index (Phi) is 4.26. The minimum Gasteiger partial charge on any atom is -0.305 e. The molecule has 1 N–H and O–H groups in total. The lowest BCUT2D eigenvalue weighted by Gasteiger charge is -2.10. The minimum absolute atomic E-state index is 0.0681. The molecule has 0 aliphatic rings. The Morgan fingerprint density at radius 1 is 0.964 bits per heavy atom. The Bertz CT molecular complexity index is 1160. The van der Waals surface area contributed by atoms with Gasteiger partial charge in [-0.2, -0.15) is 18.3 Å². The van der Waals surface area contributed by atoms with E-state index in [1.807, 2.05) is 0 Å². The van der Waals surface area contributed by atoms with Gasteiger partial charge in [-0.15, -0.1) is 0 Å². The monoisotopic (exact) mass is 383 g/mol. The molecule has 0 bridgehead atoms. The highest BCUT2D eigenvalue weighted by Crippen LogP contribution is 2.36. The van der Waals surface area contributed by atoms with Gasteiger partial charge in [0.25, 0.3) is 5.91 Å². The van der Waals surface area contributed by atoms with Crippen LogP contribution in [0, 0.1) is 0 Å². The maximum atomic E-state index is 13.3.